The fourth-order valence-corrected chi connectivity index (χ4v) is 3.24. The van der Waals surface area contributed by atoms with Crippen LogP contribution < -0.4 is 5.73 Å². The Labute approximate surface area is 136 Å². The number of aromatic nitrogens is 2. The highest BCUT2D eigenvalue weighted by Crippen LogP contribution is 2.31. The predicted octanol–water partition coefficient (Wildman–Crippen LogP) is 0.286. The first kappa shape index (κ1) is 16.1. The summed E-state index contributed by atoms with van der Waals surface area (Å²) in [6, 6.07) is 0.230. The van der Waals surface area contributed by atoms with Crippen molar-refractivity contribution in [2.75, 3.05) is 38.5 Å². The van der Waals surface area contributed by atoms with Crippen LogP contribution in [0.3, 0.4) is 0 Å². The molecular formula is C16H25N5O2. The molecule has 0 unspecified atom stereocenters. The Morgan fingerprint density at radius 3 is 2.87 bits per heavy atom. The third kappa shape index (κ3) is 3.79. The molecule has 1 aliphatic heterocycles. The normalized spacial score (nSPS) is 22.3. The molecule has 0 bridgehead atoms. The zero-order valence-corrected chi connectivity index (χ0v) is 13.6. The Morgan fingerprint density at radius 1 is 1.43 bits per heavy atom. The first-order valence-corrected chi connectivity index (χ1v) is 8.31. The van der Waals surface area contributed by atoms with E-state index in [1.807, 2.05) is 4.90 Å². The molecule has 126 valence electrons. The second-order valence-corrected chi connectivity index (χ2v) is 6.58. The Balaban J connectivity index is 1.69. The van der Waals surface area contributed by atoms with E-state index >= 15 is 0 Å². The monoisotopic (exact) mass is 319 g/mol. The van der Waals surface area contributed by atoms with E-state index in [1.54, 1.807) is 6.92 Å². The number of nitrogen functional groups attached to an aromatic ring is 1. The van der Waals surface area contributed by atoms with Gasteiger partial charge >= 0.3 is 0 Å². The number of rotatable bonds is 5. The van der Waals surface area contributed by atoms with Crippen molar-refractivity contribution in [3.05, 3.63) is 17.5 Å². The van der Waals surface area contributed by atoms with Gasteiger partial charge in [-0.25, -0.2) is 9.97 Å². The zero-order chi connectivity index (χ0) is 16.4. The SMILES string of the molecule is Cc1nc(N)ncc1C(=O)N1CCN(CC2CC2)[C@H](CCO)C1. The van der Waals surface area contributed by atoms with Gasteiger partial charge in [0.15, 0.2) is 0 Å². The Bertz CT molecular complexity index is 576. The van der Waals surface area contributed by atoms with Gasteiger partial charge in [-0.2, -0.15) is 0 Å². The van der Waals surface area contributed by atoms with Crippen LogP contribution >= 0.6 is 0 Å². The van der Waals surface area contributed by atoms with Gasteiger partial charge in [-0.05, 0) is 32.1 Å². The summed E-state index contributed by atoms with van der Waals surface area (Å²) in [7, 11) is 0. The summed E-state index contributed by atoms with van der Waals surface area (Å²) < 4.78 is 0. The minimum atomic E-state index is -0.0449. The van der Waals surface area contributed by atoms with Crippen LogP contribution in [0.1, 0.15) is 35.3 Å². The van der Waals surface area contributed by atoms with Gasteiger partial charge in [0, 0.05) is 45.0 Å². The maximum absolute atomic E-state index is 12.7. The Morgan fingerprint density at radius 2 is 2.22 bits per heavy atom. The van der Waals surface area contributed by atoms with Crippen LogP contribution in [0, 0.1) is 12.8 Å². The number of anilines is 1. The van der Waals surface area contributed by atoms with Crippen molar-refractivity contribution in [2.24, 2.45) is 5.92 Å². The number of carbonyl (C=O) groups excluding carboxylic acids is 1. The molecule has 2 fully saturated rings. The van der Waals surface area contributed by atoms with Crippen molar-refractivity contribution in [1.82, 2.24) is 19.8 Å². The van der Waals surface area contributed by atoms with E-state index in [9.17, 15) is 9.90 Å². The third-order valence-corrected chi connectivity index (χ3v) is 4.77. The van der Waals surface area contributed by atoms with E-state index in [-0.39, 0.29) is 24.5 Å². The lowest BCUT2D eigenvalue weighted by atomic mass is 10.1. The summed E-state index contributed by atoms with van der Waals surface area (Å²) in [6.07, 6.45) is 4.84. The van der Waals surface area contributed by atoms with Crippen LogP contribution in [-0.2, 0) is 0 Å². The number of amides is 1. The first-order valence-electron chi connectivity index (χ1n) is 8.31. The van der Waals surface area contributed by atoms with Gasteiger partial charge in [-0.3, -0.25) is 9.69 Å². The minimum absolute atomic E-state index is 0.0449. The second-order valence-electron chi connectivity index (χ2n) is 6.58. The number of carbonyl (C=O) groups is 1. The first-order chi connectivity index (χ1) is 11.1. The van der Waals surface area contributed by atoms with E-state index in [2.05, 4.69) is 14.9 Å². The number of nitrogens with two attached hydrogens (primary N) is 1. The number of aryl methyl sites for hydroxylation is 1. The summed E-state index contributed by atoms with van der Waals surface area (Å²) in [5, 5.41) is 9.34. The summed E-state index contributed by atoms with van der Waals surface area (Å²) >= 11 is 0. The van der Waals surface area contributed by atoms with Gasteiger partial charge in [0.25, 0.3) is 5.91 Å². The average Bonchev–Trinajstić information content (AvgIpc) is 3.33. The predicted molar refractivity (Wildman–Crippen MR) is 86.9 cm³/mol. The highest BCUT2D eigenvalue weighted by molar-refractivity contribution is 5.95. The molecule has 3 rings (SSSR count). The van der Waals surface area contributed by atoms with Crippen molar-refractivity contribution >= 4 is 11.9 Å². The maximum Gasteiger partial charge on any atom is 0.257 e. The average molecular weight is 319 g/mol. The van der Waals surface area contributed by atoms with Crippen LogP contribution in [0.25, 0.3) is 0 Å². The summed E-state index contributed by atoms with van der Waals surface area (Å²) in [5.74, 6) is 0.953. The van der Waals surface area contributed by atoms with E-state index in [0.717, 1.165) is 19.0 Å². The molecule has 1 saturated carbocycles. The molecule has 1 aliphatic carbocycles. The van der Waals surface area contributed by atoms with Crippen molar-refractivity contribution in [1.29, 1.82) is 0 Å². The molecule has 0 aromatic carbocycles. The number of hydrogen-bond acceptors (Lipinski definition) is 6. The van der Waals surface area contributed by atoms with Gasteiger partial charge in [0.2, 0.25) is 5.95 Å². The van der Waals surface area contributed by atoms with Crippen molar-refractivity contribution in [3.63, 3.8) is 0 Å². The quantitative estimate of drug-likeness (QED) is 0.810. The molecule has 23 heavy (non-hydrogen) atoms. The van der Waals surface area contributed by atoms with Gasteiger partial charge in [-0.1, -0.05) is 0 Å². The van der Waals surface area contributed by atoms with Crippen LogP contribution in [-0.4, -0.2) is 69.6 Å². The number of aliphatic hydroxyl groups excluding tert-OH is 1. The highest BCUT2D eigenvalue weighted by atomic mass is 16.3. The molecule has 3 N–H and O–H groups in total. The standard InChI is InChI=1S/C16H25N5O2/c1-11-14(8-18-16(17)19-11)15(23)21-6-5-20(9-12-2-3-12)13(10-21)4-7-22/h8,12-13,22H,2-7,9-10H2,1H3,(H2,17,18,19)/t13-/m1/s1. The van der Waals surface area contributed by atoms with Crippen molar-refractivity contribution in [3.8, 4) is 0 Å². The molecule has 0 radical (unpaired) electrons. The van der Waals surface area contributed by atoms with Crippen LogP contribution in [0.4, 0.5) is 5.95 Å². The van der Waals surface area contributed by atoms with E-state index in [0.29, 0.717) is 30.8 Å². The fourth-order valence-electron chi connectivity index (χ4n) is 3.24. The lowest BCUT2D eigenvalue weighted by Crippen LogP contribution is -2.55. The molecule has 7 nitrogen and oxygen atoms in total. The second kappa shape index (κ2) is 6.80. The minimum Gasteiger partial charge on any atom is -0.396 e. The van der Waals surface area contributed by atoms with E-state index in [4.69, 9.17) is 5.73 Å². The molecule has 2 heterocycles. The number of piperazine rings is 1. The highest BCUT2D eigenvalue weighted by Gasteiger charge is 2.33. The zero-order valence-electron chi connectivity index (χ0n) is 13.6. The summed E-state index contributed by atoms with van der Waals surface area (Å²) in [4.78, 5) is 25.1. The lowest BCUT2D eigenvalue weighted by molar-refractivity contribution is 0.0406. The topological polar surface area (TPSA) is 95.6 Å². The molecule has 0 spiro atoms. The molecule has 1 aromatic heterocycles. The molecule has 7 heteroatoms. The van der Waals surface area contributed by atoms with Crippen LogP contribution in [0.5, 0.6) is 0 Å². The number of hydrogen-bond donors (Lipinski definition) is 2. The van der Waals surface area contributed by atoms with Gasteiger partial charge < -0.3 is 15.7 Å². The lowest BCUT2D eigenvalue weighted by Gasteiger charge is -2.41. The van der Waals surface area contributed by atoms with Crippen LogP contribution in [0.2, 0.25) is 0 Å². The van der Waals surface area contributed by atoms with E-state index in [1.165, 1.54) is 19.0 Å². The summed E-state index contributed by atoms with van der Waals surface area (Å²) in [5.41, 5.74) is 6.68. The van der Waals surface area contributed by atoms with Crippen molar-refractivity contribution in [2.45, 2.75) is 32.2 Å². The molecule has 2 aliphatic rings. The molecule has 1 saturated heterocycles. The van der Waals surface area contributed by atoms with Crippen molar-refractivity contribution < 1.29 is 9.90 Å². The Hall–Kier alpha value is -1.73. The summed E-state index contributed by atoms with van der Waals surface area (Å²) in [6.45, 7) is 5.24. The molecular weight excluding hydrogens is 294 g/mol. The van der Waals surface area contributed by atoms with Crippen LogP contribution in [0.15, 0.2) is 6.20 Å². The smallest absolute Gasteiger partial charge is 0.257 e. The Kier molecular flexibility index (Phi) is 4.77. The molecule has 1 aromatic rings. The number of aliphatic hydroxyl groups is 1. The van der Waals surface area contributed by atoms with Gasteiger partial charge in [0.1, 0.15) is 0 Å². The van der Waals surface area contributed by atoms with E-state index < -0.39 is 0 Å². The largest absolute Gasteiger partial charge is 0.396 e. The van der Waals surface area contributed by atoms with Gasteiger partial charge in [0.05, 0.1) is 11.3 Å². The van der Waals surface area contributed by atoms with Gasteiger partial charge in [-0.15, -0.1) is 0 Å². The number of nitrogens with zero attached hydrogens (tertiary/aromatic N) is 4. The maximum atomic E-state index is 12.7. The molecule has 1 amide bonds. The molecule has 1 atom stereocenters. The fraction of sp³-hybridized carbons (Fsp3) is 0.688. The third-order valence-electron chi connectivity index (χ3n) is 4.77.